The fourth-order valence-electron chi connectivity index (χ4n) is 4.08. The van der Waals surface area contributed by atoms with Gasteiger partial charge in [-0.25, -0.2) is 4.98 Å². The van der Waals surface area contributed by atoms with Crippen LogP contribution >= 0.6 is 0 Å². The Morgan fingerprint density at radius 1 is 1.03 bits per heavy atom. The first-order chi connectivity index (χ1) is 16.3. The molecule has 11 heteroatoms. The number of nitrogens with zero attached hydrogens (tertiary/aromatic N) is 2. The van der Waals surface area contributed by atoms with Crippen LogP contribution in [0.4, 0.5) is 11.6 Å². The Morgan fingerprint density at radius 2 is 1.74 bits per heavy atom. The maximum absolute atomic E-state index is 12.8. The van der Waals surface area contributed by atoms with Crippen molar-refractivity contribution in [3.63, 3.8) is 0 Å². The number of hydrogen-bond donors (Lipinski definition) is 3. The fourth-order valence-corrected chi connectivity index (χ4v) is 5.00. The van der Waals surface area contributed by atoms with Gasteiger partial charge in [0, 0.05) is 36.7 Å². The molecule has 4 N–H and O–H groups in total. The summed E-state index contributed by atoms with van der Waals surface area (Å²) in [6.45, 7) is 1.37. The third kappa shape index (κ3) is 4.69. The van der Waals surface area contributed by atoms with Crippen LogP contribution in [-0.4, -0.2) is 43.3 Å². The van der Waals surface area contributed by atoms with Crippen LogP contribution in [0.5, 0.6) is 5.75 Å². The number of carbonyl (C=O) groups excluding carboxylic acids is 2. The molecule has 1 saturated carbocycles. The second kappa shape index (κ2) is 8.64. The van der Waals surface area contributed by atoms with Gasteiger partial charge in [-0.05, 0) is 62.1 Å². The quantitative estimate of drug-likeness (QED) is 0.437. The summed E-state index contributed by atoms with van der Waals surface area (Å²) >= 11 is 0. The van der Waals surface area contributed by atoms with E-state index in [-0.39, 0.29) is 34.3 Å². The normalized spacial score (nSPS) is 17.0. The molecule has 1 aromatic heterocycles. The van der Waals surface area contributed by atoms with Crippen molar-refractivity contribution in [2.24, 2.45) is 17.6 Å². The molecule has 34 heavy (non-hydrogen) atoms. The molecule has 5 rings (SSSR count). The van der Waals surface area contributed by atoms with Gasteiger partial charge in [0.1, 0.15) is 10.6 Å². The van der Waals surface area contributed by atoms with E-state index in [0.29, 0.717) is 42.9 Å². The maximum atomic E-state index is 12.8. The Morgan fingerprint density at radius 3 is 2.38 bits per heavy atom. The monoisotopic (exact) mass is 483 g/mol. The lowest BCUT2D eigenvalue weighted by atomic mass is 9.96. The Balaban J connectivity index is 1.26. The molecule has 0 unspecified atom stereocenters. The van der Waals surface area contributed by atoms with Gasteiger partial charge in [0.15, 0.2) is 0 Å². The van der Waals surface area contributed by atoms with Crippen LogP contribution in [0.3, 0.4) is 0 Å². The fraction of sp³-hybridized carbons (Fsp3) is 0.348. The molecule has 2 fully saturated rings. The third-order valence-corrected chi connectivity index (χ3v) is 7.50. The largest absolute Gasteiger partial charge is 0.379 e. The van der Waals surface area contributed by atoms with Crippen molar-refractivity contribution < 1.29 is 22.2 Å². The van der Waals surface area contributed by atoms with Gasteiger partial charge in [0.05, 0.1) is 11.0 Å². The van der Waals surface area contributed by atoms with E-state index in [4.69, 9.17) is 9.92 Å². The van der Waals surface area contributed by atoms with Crippen molar-refractivity contribution in [1.82, 2.24) is 9.97 Å². The molecule has 0 radical (unpaired) electrons. The highest BCUT2D eigenvalue weighted by Gasteiger charge is 2.30. The lowest BCUT2D eigenvalue weighted by molar-refractivity contribution is -0.122. The molecule has 2 heterocycles. The van der Waals surface area contributed by atoms with Gasteiger partial charge in [-0.15, -0.1) is 0 Å². The zero-order valence-electron chi connectivity index (χ0n) is 18.4. The van der Waals surface area contributed by atoms with E-state index in [1.165, 1.54) is 24.3 Å². The van der Waals surface area contributed by atoms with Crippen LogP contribution in [0.1, 0.15) is 25.7 Å². The number of nitrogens with two attached hydrogens (primary N) is 1. The number of H-pyrrole nitrogens is 1. The predicted octanol–water partition coefficient (Wildman–Crippen LogP) is 2.38. The average Bonchev–Trinajstić information content (AvgIpc) is 3.60. The number of benzene rings is 2. The van der Waals surface area contributed by atoms with E-state index >= 15 is 0 Å². The molecule has 0 spiro atoms. The number of hydrogen-bond acceptors (Lipinski definition) is 7. The van der Waals surface area contributed by atoms with Crippen molar-refractivity contribution in [2.45, 2.75) is 30.6 Å². The number of carbonyl (C=O) groups is 2. The number of piperidine rings is 1. The maximum Gasteiger partial charge on any atom is 0.339 e. The van der Waals surface area contributed by atoms with Crippen molar-refractivity contribution in [2.75, 3.05) is 23.3 Å². The van der Waals surface area contributed by atoms with Crippen molar-refractivity contribution >= 4 is 44.6 Å². The third-order valence-electron chi connectivity index (χ3n) is 6.24. The number of aromatic amines is 1. The molecular formula is C23H25N5O5S. The SMILES string of the molecule is NC(=O)C1CCN(c2ccc(S(=O)(=O)Oc3ccc4[nH]c(NC(=O)C5CC5)nc4c3)cc2)CC1. The summed E-state index contributed by atoms with van der Waals surface area (Å²) in [6, 6.07) is 11.2. The number of primary amides is 1. The van der Waals surface area contributed by atoms with Crippen molar-refractivity contribution in [3.05, 3.63) is 42.5 Å². The number of fused-ring (bicyclic) bond motifs is 1. The van der Waals surface area contributed by atoms with Crippen LogP contribution in [0.2, 0.25) is 0 Å². The number of imidazole rings is 1. The molecule has 2 amide bonds. The van der Waals surface area contributed by atoms with Gasteiger partial charge in [0.25, 0.3) is 0 Å². The Hall–Kier alpha value is -3.60. The van der Waals surface area contributed by atoms with Crippen LogP contribution in [0, 0.1) is 11.8 Å². The molecule has 3 aromatic rings. The number of amides is 2. The number of nitrogens with one attached hydrogen (secondary N) is 2. The first kappa shape index (κ1) is 22.2. The van der Waals surface area contributed by atoms with E-state index < -0.39 is 10.1 Å². The molecule has 1 saturated heterocycles. The second-order valence-corrected chi connectivity index (χ2v) is 10.3. The van der Waals surface area contributed by atoms with Gasteiger partial charge in [-0.2, -0.15) is 8.42 Å². The van der Waals surface area contributed by atoms with E-state index in [2.05, 4.69) is 20.2 Å². The molecule has 1 aliphatic heterocycles. The summed E-state index contributed by atoms with van der Waals surface area (Å²) in [4.78, 5) is 32.7. The molecular weight excluding hydrogens is 458 g/mol. The first-order valence-corrected chi connectivity index (χ1v) is 12.6. The van der Waals surface area contributed by atoms with Gasteiger partial charge in [0.2, 0.25) is 17.8 Å². The van der Waals surface area contributed by atoms with E-state index in [1.807, 2.05) is 0 Å². The minimum absolute atomic E-state index is 0.0304. The van der Waals surface area contributed by atoms with E-state index in [0.717, 1.165) is 18.5 Å². The number of rotatable bonds is 7. The summed E-state index contributed by atoms with van der Waals surface area (Å²) in [6.07, 6.45) is 3.13. The standard InChI is InChI=1S/C23H25N5O5S/c24-21(29)14-9-11-28(12-10-14)16-3-6-18(7-4-16)34(31,32)33-17-5-8-19-20(13-17)26-23(25-19)27-22(30)15-1-2-15/h3-8,13-15H,1-2,9-12H2,(H2,24,29)(H2,25,26,27,30). The molecule has 2 aromatic carbocycles. The van der Waals surface area contributed by atoms with E-state index in [1.54, 1.807) is 18.2 Å². The van der Waals surface area contributed by atoms with Crippen LogP contribution < -0.4 is 20.1 Å². The molecule has 0 bridgehead atoms. The van der Waals surface area contributed by atoms with E-state index in [9.17, 15) is 18.0 Å². The molecule has 1 aliphatic carbocycles. The highest BCUT2D eigenvalue weighted by atomic mass is 32.2. The summed E-state index contributed by atoms with van der Waals surface area (Å²) in [5.41, 5.74) is 7.39. The second-order valence-electron chi connectivity index (χ2n) is 8.72. The summed E-state index contributed by atoms with van der Waals surface area (Å²) < 4.78 is 30.9. The summed E-state index contributed by atoms with van der Waals surface area (Å²) in [7, 11) is -4.05. The van der Waals surface area contributed by atoms with Crippen molar-refractivity contribution in [3.8, 4) is 5.75 Å². The molecule has 0 atom stereocenters. The first-order valence-electron chi connectivity index (χ1n) is 11.2. The Labute approximate surface area is 196 Å². The van der Waals surface area contributed by atoms with Crippen molar-refractivity contribution in [1.29, 1.82) is 0 Å². The topological polar surface area (TPSA) is 147 Å². The minimum Gasteiger partial charge on any atom is -0.379 e. The minimum atomic E-state index is -4.05. The lowest BCUT2D eigenvalue weighted by Crippen LogP contribution is -2.38. The highest BCUT2D eigenvalue weighted by molar-refractivity contribution is 7.87. The number of anilines is 2. The van der Waals surface area contributed by atoms with Crippen LogP contribution in [0.25, 0.3) is 11.0 Å². The molecule has 10 nitrogen and oxygen atoms in total. The molecule has 178 valence electrons. The zero-order valence-corrected chi connectivity index (χ0v) is 19.2. The lowest BCUT2D eigenvalue weighted by Gasteiger charge is -2.32. The smallest absolute Gasteiger partial charge is 0.339 e. The average molecular weight is 484 g/mol. The highest BCUT2D eigenvalue weighted by Crippen LogP contribution is 2.31. The summed E-state index contributed by atoms with van der Waals surface area (Å²) in [5, 5.41) is 2.74. The predicted molar refractivity (Wildman–Crippen MR) is 126 cm³/mol. The summed E-state index contributed by atoms with van der Waals surface area (Å²) in [5.74, 6) is 0.0376. The Bertz CT molecular complexity index is 1340. The van der Waals surface area contributed by atoms with Gasteiger partial charge in [-0.3, -0.25) is 14.9 Å². The van der Waals surface area contributed by atoms with Gasteiger partial charge in [-0.1, -0.05) is 0 Å². The zero-order chi connectivity index (χ0) is 23.9. The van der Waals surface area contributed by atoms with Crippen LogP contribution in [-0.2, 0) is 19.7 Å². The van der Waals surface area contributed by atoms with Gasteiger partial charge < -0.3 is 19.8 Å². The van der Waals surface area contributed by atoms with Crippen LogP contribution in [0.15, 0.2) is 47.4 Å². The number of aromatic nitrogens is 2. The van der Waals surface area contributed by atoms with Gasteiger partial charge >= 0.3 is 10.1 Å². The molecule has 2 aliphatic rings. The Kier molecular flexibility index (Phi) is 5.64.